The summed E-state index contributed by atoms with van der Waals surface area (Å²) in [7, 11) is 0. The van der Waals surface area contributed by atoms with Gasteiger partial charge >= 0.3 is 6.09 Å². The monoisotopic (exact) mass is 227 g/mol. The van der Waals surface area contributed by atoms with Gasteiger partial charge in [0.25, 0.3) is 0 Å². The minimum atomic E-state index is -0.440. The largest absolute Gasteiger partial charge is 0.444 e. The fraction of sp³-hybridized carbons (Fsp3) is 0.917. The van der Waals surface area contributed by atoms with Crippen molar-refractivity contribution in [2.45, 2.75) is 51.9 Å². The summed E-state index contributed by atoms with van der Waals surface area (Å²) in [6.45, 7) is 8.17. The normalized spacial score (nSPS) is 34.6. The maximum absolute atomic E-state index is 11.9. The van der Waals surface area contributed by atoms with Gasteiger partial charge in [-0.25, -0.2) is 4.79 Å². The van der Waals surface area contributed by atoms with Crippen molar-refractivity contribution in [1.29, 1.82) is 0 Å². The van der Waals surface area contributed by atoms with Gasteiger partial charge < -0.3 is 14.7 Å². The van der Waals surface area contributed by atoms with Gasteiger partial charge in [0, 0.05) is 18.5 Å². The molecule has 0 radical (unpaired) electrons. The molecular weight excluding hydrogens is 206 g/mol. The summed E-state index contributed by atoms with van der Waals surface area (Å²) >= 11 is 0. The Balaban J connectivity index is 1.96. The molecule has 16 heavy (non-hydrogen) atoms. The summed E-state index contributed by atoms with van der Waals surface area (Å²) < 4.78 is 5.35. The number of hydrogen-bond donors (Lipinski definition) is 1. The number of ether oxygens (including phenoxy) is 1. The second-order valence-electron chi connectivity index (χ2n) is 6.01. The predicted molar refractivity (Wildman–Crippen MR) is 60.0 cm³/mol. The molecular formula is C12H21NO3. The van der Waals surface area contributed by atoms with E-state index in [-0.39, 0.29) is 24.2 Å². The summed E-state index contributed by atoms with van der Waals surface area (Å²) in [5, 5.41) is 9.61. The van der Waals surface area contributed by atoms with Crippen molar-refractivity contribution in [2.24, 2.45) is 11.8 Å². The molecule has 2 saturated heterocycles. The van der Waals surface area contributed by atoms with Gasteiger partial charge in [0.15, 0.2) is 0 Å². The maximum Gasteiger partial charge on any atom is 0.410 e. The van der Waals surface area contributed by atoms with Gasteiger partial charge in [0.05, 0.1) is 6.10 Å². The Kier molecular flexibility index (Phi) is 2.65. The van der Waals surface area contributed by atoms with Crippen molar-refractivity contribution in [3.63, 3.8) is 0 Å². The van der Waals surface area contributed by atoms with Gasteiger partial charge in [-0.05, 0) is 40.0 Å². The molecule has 2 bridgehead atoms. The van der Waals surface area contributed by atoms with Crippen molar-refractivity contribution in [3.8, 4) is 0 Å². The summed E-state index contributed by atoms with van der Waals surface area (Å²) in [5.74, 6) is 0.727. The Labute approximate surface area is 96.6 Å². The lowest BCUT2D eigenvalue weighted by molar-refractivity contribution is 0.000963. The molecule has 3 rings (SSSR count). The summed E-state index contributed by atoms with van der Waals surface area (Å²) in [6.07, 6.45) is 0.466. The van der Waals surface area contributed by atoms with Gasteiger partial charge in [0.1, 0.15) is 5.60 Å². The van der Waals surface area contributed by atoms with E-state index in [4.69, 9.17) is 4.74 Å². The highest BCUT2D eigenvalue weighted by Gasteiger charge is 2.56. The first kappa shape index (κ1) is 11.7. The zero-order chi connectivity index (χ0) is 12.1. The third-order valence-corrected chi connectivity index (χ3v) is 3.55. The lowest BCUT2D eigenvalue weighted by atomic mass is 9.71. The topological polar surface area (TPSA) is 49.8 Å². The molecule has 0 aromatic heterocycles. The van der Waals surface area contributed by atoms with Crippen LogP contribution in [0.15, 0.2) is 0 Å². The SMILES string of the molecule is C[C@H](O)C1[C@H]2C[C@@H]1N(C(=O)OC(C)(C)C)C2. The van der Waals surface area contributed by atoms with Crippen molar-refractivity contribution in [2.75, 3.05) is 6.54 Å². The average molecular weight is 227 g/mol. The molecule has 4 atom stereocenters. The smallest absolute Gasteiger partial charge is 0.410 e. The van der Waals surface area contributed by atoms with Crippen molar-refractivity contribution < 1.29 is 14.6 Å². The van der Waals surface area contributed by atoms with E-state index in [9.17, 15) is 9.90 Å². The van der Waals surface area contributed by atoms with E-state index in [2.05, 4.69) is 0 Å². The number of carbonyl (C=O) groups is 1. The van der Waals surface area contributed by atoms with Crippen LogP contribution in [-0.4, -0.2) is 40.4 Å². The highest BCUT2D eigenvalue weighted by atomic mass is 16.6. The number of rotatable bonds is 1. The van der Waals surface area contributed by atoms with Crippen molar-refractivity contribution in [3.05, 3.63) is 0 Å². The van der Waals surface area contributed by atoms with Crippen LogP contribution in [0.5, 0.6) is 0 Å². The summed E-state index contributed by atoms with van der Waals surface area (Å²) in [5.41, 5.74) is -0.440. The Hall–Kier alpha value is -0.770. The van der Waals surface area contributed by atoms with Crippen LogP contribution in [0.3, 0.4) is 0 Å². The Morgan fingerprint density at radius 2 is 2.12 bits per heavy atom. The molecule has 0 aromatic rings. The van der Waals surface area contributed by atoms with Gasteiger partial charge in [-0.15, -0.1) is 0 Å². The fourth-order valence-electron chi connectivity index (χ4n) is 2.91. The van der Waals surface area contributed by atoms with E-state index in [0.29, 0.717) is 5.92 Å². The third kappa shape index (κ3) is 1.90. The number of fused-ring (bicyclic) bond motifs is 1. The van der Waals surface area contributed by atoms with E-state index >= 15 is 0 Å². The standard InChI is InChI=1S/C12H21NO3/c1-7(14)10-8-5-9(10)13(6-8)11(15)16-12(2,3)4/h7-10,14H,5-6H2,1-4H3/t7-,8-,9-,10?/m0/s1. The van der Waals surface area contributed by atoms with Crippen LogP contribution in [0.2, 0.25) is 0 Å². The summed E-state index contributed by atoms with van der Waals surface area (Å²) in [4.78, 5) is 13.7. The molecule has 4 nitrogen and oxygen atoms in total. The van der Waals surface area contributed by atoms with Gasteiger partial charge in [-0.2, -0.15) is 0 Å². The molecule has 1 saturated carbocycles. The average Bonchev–Trinajstić information content (AvgIpc) is 2.53. The quantitative estimate of drug-likeness (QED) is 0.740. The minimum Gasteiger partial charge on any atom is -0.444 e. The first-order chi connectivity index (χ1) is 7.29. The fourth-order valence-corrected chi connectivity index (χ4v) is 2.91. The van der Waals surface area contributed by atoms with Crippen LogP contribution in [0.25, 0.3) is 0 Å². The molecule has 3 fully saturated rings. The highest BCUT2D eigenvalue weighted by Crippen LogP contribution is 2.48. The van der Waals surface area contributed by atoms with Gasteiger partial charge in [-0.1, -0.05) is 0 Å². The molecule has 0 aromatic carbocycles. The van der Waals surface area contributed by atoms with Gasteiger partial charge in [0.2, 0.25) is 0 Å². The Morgan fingerprint density at radius 3 is 2.56 bits per heavy atom. The Bertz CT molecular complexity index is 295. The first-order valence-electron chi connectivity index (χ1n) is 5.97. The van der Waals surface area contributed by atoms with E-state index in [1.807, 2.05) is 27.7 Å². The van der Waals surface area contributed by atoms with Gasteiger partial charge in [-0.3, -0.25) is 0 Å². The summed E-state index contributed by atoms with van der Waals surface area (Å²) in [6, 6.07) is 0.194. The van der Waals surface area contributed by atoms with E-state index in [1.165, 1.54) is 0 Å². The first-order valence-corrected chi connectivity index (χ1v) is 5.97. The van der Waals surface area contributed by atoms with Crippen molar-refractivity contribution >= 4 is 6.09 Å². The maximum atomic E-state index is 11.9. The molecule has 1 unspecified atom stereocenters. The number of aliphatic hydroxyl groups excluding tert-OH is 1. The molecule has 0 spiro atoms. The molecule has 2 aliphatic heterocycles. The number of hydrogen-bond acceptors (Lipinski definition) is 3. The van der Waals surface area contributed by atoms with Crippen LogP contribution in [0.1, 0.15) is 34.1 Å². The predicted octanol–water partition coefficient (Wildman–Crippen LogP) is 1.62. The van der Waals surface area contributed by atoms with Crippen LogP contribution < -0.4 is 0 Å². The second kappa shape index (κ2) is 3.62. The third-order valence-electron chi connectivity index (χ3n) is 3.55. The highest BCUT2D eigenvalue weighted by molar-refractivity contribution is 5.69. The number of aliphatic hydroxyl groups is 1. The second-order valence-corrected chi connectivity index (χ2v) is 6.01. The molecule has 1 amide bonds. The number of carbonyl (C=O) groups excluding carboxylic acids is 1. The minimum absolute atomic E-state index is 0.194. The number of nitrogens with zero attached hydrogens (tertiary/aromatic N) is 1. The molecule has 3 aliphatic rings. The zero-order valence-corrected chi connectivity index (χ0v) is 10.4. The van der Waals surface area contributed by atoms with Crippen LogP contribution in [-0.2, 0) is 4.74 Å². The van der Waals surface area contributed by atoms with Crippen molar-refractivity contribution in [1.82, 2.24) is 4.90 Å². The molecule has 92 valence electrons. The number of amides is 1. The molecule has 4 heteroatoms. The van der Waals surface area contributed by atoms with E-state index in [0.717, 1.165) is 13.0 Å². The Morgan fingerprint density at radius 1 is 1.50 bits per heavy atom. The lowest BCUT2D eigenvalue weighted by Crippen LogP contribution is -2.47. The molecule has 1 N–H and O–H groups in total. The van der Waals surface area contributed by atoms with E-state index < -0.39 is 5.60 Å². The van der Waals surface area contributed by atoms with Crippen LogP contribution in [0, 0.1) is 11.8 Å². The van der Waals surface area contributed by atoms with Crippen LogP contribution >= 0.6 is 0 Å². The van der Waals surface area contributed by atoms with E-state index in [1.54, 1.807) is 4.90 Å². The molecule has 1 aliphatic carbocycles. The zero-order valence-electron chi connectivity index (χ0n) is 10.4. The lowest BCUT2D eigenvalue weighted by Gasteiger charge is -2.38. The molecule has 2 heterocycles. The van der Waals surface area contributed by atoms with Crippen LogP contribution in [0.4, 0.5) is 4.79 Å².